The molecular weight excluding hydrogens is 390 g/mol. The van der Waals surface area contributed by atoms with Crippen LogP contribution >= 0.6 is 0 Å². The minimum absolute atomic E-state index is 0.0630. The standard InChI is InChI=1S/C21H25N3O4S/c1-3-29(27,28)18-7-5-4-6-17(18)21(26)24-12-9-16(10-13-24)20(25)23-19-14-15(2)8-11-22-19/h4-8,11,14,16H,3,9-10,12-13H2,1-2H3,(H,22,23,25). The van der Waals surface area contributed by atoms with Gasteiger partial charge in [-0.05, 0) is 49.6 Å². The monoisotopic (exact) mass is 415 g/mol. The van der Waals surface area contributed by atoms with E-state index in [4.69, 9.17) is 0 Å². The van der Waals surface area contributed by atoms with Crippen molar-refractivity contribution in [3.05, 3.63) is 53.7 Å². The molecule has 0 bridgehead atoms. The predicted molar refractivity (Wildman–Crippen MR) is 110 cm³/mol. The van der Waals surface area contributed by atoms with Crippen molar-refractivity contribution in [3.8, 4) is 0 Å². The molecule has 3 rings (SSSR count). The zero-order valence-corrected chi connectivity index (χ0v) is 17.4. The van der Waals surface area contributed by atoms with E-state index in [0.29, 0.717) is 31.7 Å². The number of aryl methyl sites for hydroxylation is 1. The van der Waals surface area contributed by atoms with Crippen molar-refractivity contribution >= 4 is 27.5 Å². The number of rotatable bonds is 5. The summed E-state index contributed by atoms with van der Waals surface area (Å²) in [7, 11) is -3.49. The lowest BCUT2D eigenvalue weighted by molar-refractivity contribution is -0.121. The van der Waals surface area contributed by atoms with Crippen LogP contribution in [0.25, 0.3) is 0 Å². The van der Waals surface area contributed by atoms with Gasteiger partial charge < -0.3 is 10.2 Å². The lowest BCUT2D eigenvalue weighted by atomic mass is 9.95. The van der Waals surface area contributed by atoms with Crippen molar-refractivity contribution in [2.75, 3.05) is 24.2 Å². The number of piperidine rings is 1. The van der Waals surface area contributed by atoms with Gasteiger partial charge in [-0.15, -0.1) is 0 Å². The van der Waals surface area contributed by atoms with Gasteiger partial charge in [-0.25, -0.2) is 13.4 Å². The summed E-state index contributed by atoms with van der Waals surface area (Å²) in [4.78, 5) is 31.3. The van der Waals surface area contributed by atoms with E-state index in [2.05, 4.69) is 10.3 Å². The first-order valence-electron chi connectivity index (χ1n) is 9.66. The smallest absolute Gasteiger partial charge is 0.255 e. The summed E-state index contributed by atoms with van der Waals surface area (Å²) in [6.45, 7) is 4.29. The zero-order chi connectivity index (χ0) is 21.0. The molecule has 1 aliphatic rings. The minimum atomic E-state index is -3.49. The molecule has 2 heterocycles. The number of anilines is 1. The first kappa shape index (κ1) is 21.0. The second-order valence-corrected chi connectivity index (χ2v) is 9.42. The first-order valence-corrected chi connectivity index (χ1v) is 11.3. The normalized spacial score (nSPS) is 15.2. The second kappa shape index (κ2) is 8.73. The zero-order valence-electron chi connectivity index (χ0n) is 16.6. The van der Waals surface area contributed by atoms with Gasteiger partial charge in [0.1, 0.15) is 5.82 Å². The fourth-order valence-corrected chi connectivity index (χ4v) is 4.51. The molecule has 0 spiro atoms. The van der Waals surface area contributed by atoms with Crippen LogP contribution in [0.3, 0.4) is 0 Å². The number of nitrogens with zero attached hydrogens (tertiary/aromatic N) is 2. The van der Waals surface area contributed by atoms with Gasteiger partial charge in [-0.2, -0.15) is 0 Å². The van der Waals surface area contributed by atoms with E-state index in [0.717, 1.165) is 5.56 Å². The Kier molecular flexibility index (Phi) is 6.32. The molecule has 154 valence electrons. The molecule has 7 nitrogen and oxygen atoms in total. The van der Waals surface area contributed by atoms with Gasteiger partial charge in [0, 0.05) is 25.2 Å². The van der Waals surface area contributed by atoms with Crippen LogP contribution in [0.4, 0.5) is 5.82 Å². The number of carbonyl (C=O) groups excluding carboxylic acids is 2. The van der Waals surface area contributed by atoms with E-state index in [9.17, 15) is 18.0 Å². The van der Waals surface area contributed by atoms with Crippen LogP contribution < -0.4 is 5.32 Å². The molecule has 1 fully saturated rings. The van der Waals surface area contributed by atoms with Crippen molar-refractivity contribution in [2.45, 2.75) is 31.6 Å². The lowest BCUT2D eigenvalue weighted by Gasteiger charge is -2.31. The molecule has 0 aliphatic carbocycles. The second-order valence-electron chi connectivity index (χ2n) is 7.17. The number of amides is 2. The highest BCUT2D eigenvalue weighted by Gasteiger charge is 2.30. The van der Waals surface area contributed by atoms with Crippen LogP contribution in [0.5, 0.6) is 0 Å². The van der Waals surface area contributed by atoms with Gasteiger partial charge in [-0.1, -0.05) is 19.1 Å². The van der Waals surface area contributed by atoms with Gasteiger partial charge in [0.25, 0.3) is 5.91 Å². The van der Waals surface area contributed by atoms with E-state index in [1.165, 1.54) is 6.07 Å². The maximum absolute atomic E-state index is 12.9. The topological polar surface area (TPSA) is 96.4 Å². The van der Waals surface area contributed by atoms with Gasteiger partial charge in [0.2, 0.25) is 5.91 Å². The van der Waals surface area contributed by atoms with Gasteiger partial charge in [0.05, 0.1) is 16.2 Å². The van der Waals surface area contributed by atoms with E-state index in [-0.39, 0.29) is 33.9 Å². The Bertz CT molecular complexity index is 1010. The van der Waals surface area contributed by atoms with E-state index < -0.39 is 9.84 Å². The number of aromatic nitrogens is 1. The largest absolute Gasteiger partial charge is 0.339 e. The van der Waals surface area contributed by atoms with Crippen LogP contribution in [-0.4, -0.2) is 49.0 Å². The highest BCUT2D eigenvalue weighted by Crippen LogP contribution is 2.24. The third-order valence-corrected chi connectivity index (χ3v) is 6.94. The number of hydrogen-bond acceptors (Lipinski definition) is 5. The van der Waals surface area contributed by atoms with E-state index in [1.807, 2.05) is 19.1 Å². The molecule has 1 aromatic carbocycles. The molecule has 0 atom stereocenters. The number of sulfone groups is 1. The number of carbonyl (C=O) groups is 2. The number of likely N-dealkylation sites (tertiary alicyclic amines) is 1. The molecule has 29 heavy (non-hydrogen) atoms. The SMILES string of the molecule is CCS(=O)(=O)c1ccccc1C(=O)N1CCC(C(=O)Nc2cc(C)ccn2)CC1. The molecule has 0 saturated carbocycles. The number of nitrogens with one attached hydrogen (secondary N) is 1. The highest BCUT2D eigenvalue weighted by molar-refractivity contribution is 7.91. The van der Waals surface area contributed by atoms with Gasteiger partial charge >= 0.3 is 0 Å². The van der Waals surface area contributed by atoms with Crippen LogP contribution in [0, 0.1) is 12.8 Å². The van der Waals surface area contributed by atoms with Crippen molar-refractivity contribution in [3.63, 3.8) is 0 Å². The number of hydrogen-bond donors (Lipinski definition) is 1. The Labute approximate surface area is 171 Å². The summed E-state index contributed by atoms with van der Waals surface area (Å²) in [6, 6.07) is 9.97. The summed E-state index contributed by atoms with van der Waals surface area (Å²) >= 11 is 0. The van der Waals surface area contributed by atoms with E-state index >= 15 is 0 Å². The van der Waals surface area contributed by atoms with Gasteiger partial charge in [-0.3, -0.25) is 9.59 Å². The number of pyridine rings is 1. The molecule has 0 unspecified atom stereocenters. The molecule has 2 amide bonds. The van der Waals surface area contributed by atoms with Crippen molar-refractivity contribution in [2.24, 2.45) is 5.92 Å². The lowest BCUT2D eigenvalue weighted by Crippen LogP contribution is -2.41. The Morgan fingerprint density at radius 1 is 1.17 bits per heavy atom. The molecule has 0 radical (unpaired) electrons. The Morgan fingerprint density at radius 3 is 2.52 bits per heavy atom. The van der Waals surface area contributed by atoms with Crippen molar-refractivity contribution in [1.29, 1.82) is 0 Å². The molecular formula is C21H25N3O4S. The minimum Gasteiger partial charge on any atom is -0.339 e. The van der Waals surface area contributed by atoms with Gasteiger partial charge in [0.15, 0.2) is 9.84 Å². The average Bonchev–Trinajstić information content (AvgIpc) is 2.73. The quantitative estimate of drug-likeness (QED) is 0.810. The van der Waals surface area contributed by atoms with Crippen LogP contribution in [0.15, 0.2) is 47.5 Å². The van der Waals surface area contributed by atoms with Crippen LogP contribution in [-0.2, 0) is 14.6 Å². The Morgan fingerprint density at radius 2 is 1.86 bits per heavy atom. The van der Waals surface area contributed by atoms with Crippen molar-refractivity contribution < 1.29 is 18.0 Å². The van der Waals surface area contributed by atoms with Crippen LogP contribution in [0.1, 0.15) is 35.7 Å². The predicted octanol–water partition coefficient (Wildman–Crippen LogP) is 2.67. The molecule has 1 saturated heterocycles. The molecule has 8 heteroatoms. The average molecular weight is 416 g/mol. The summed E-state index contributed by atoms with van der Waals surface area (Å²) < 4.78 is 24.6. The summed E-state index contributed by atoms with van der Waals surface area (Å²) in [5.41, 5.74) is 1.21. The van der Waals surface area contributed by atoms with E-state index in [1.54, 1.807) is 36.2 Å². The first-order chi connectivity index (χ1) is 13.8. The fourth-order valence-electron chi connectivity index (χ4n) is 3.42. The summed E-state index contributed by atoms with van der Waals surface area (Å²) in [5, 5.41) is 2.83. The molecule has 1 aliphatic heterocycles. The molecule has 1 aromatic heterocycles. The third-order valence-electron chi connectivity index (χ3n) is 5.15. The maximum atomic E-state index is 12.9. The Hall–Kier alpha value is -2.74. The fraction of sp³-hybridized carbons (Fsp3) is 0.381. The number of benzene rings is 1. The summed E-state index contributed by atoms with van der Waals surface area (Å²) in [5.74, 6) is -0.170. The third kappa shape index (κ3) is 4.82. The maximum Gasteiger partial charge on any atom is 0.255 e. The van der Waals surface area contributed by atoms with Crippen molar-refractivity contribution in [1.82, 2.24) is 9.88 Å². The summed E-state index contributed by atoms with van der Waals surface area (Å²) in [6.07, 6.45) is 2.69. The Balaban J connectivity index is 1.65. The molecule has 2 aromatic rings. The van der Waals surface area contributed by atoms with Crippen LogP contribution in [0.2, 0.25) is 0 Å². The molecule has 1 N–H and O–H groups in total. The highest BCUT2D eigenvalue weighted by atomic mass is 32.2.